The standard InChI is InChI=1S/C16H12Cl2N4OS/c1-23-14-5-3-2-4-10(14)9-19-22-15(20-21-16(22)24)12-7-6-11(17)8-13(12)18/h2-9H,1H3,(H,21,24)/b19-9+. The van der Waals surface area contributed by atoms with Crippen LogP contribution in [0.15, 0.2) is 47.6 Å². The Kier molecular flexibility index (Phi) is 4.99. The van der Waals surface area contributed by atoms with Crippen LogP contribution in [-0.4, -0.2) is 28.2 Å². The summed E-state index contributed by atoms with van der Waals surface area (Å²) in [6.07, 6.45) is 1.65. The van der Waals surface area contributed by atoms with E-state index in [0.29, 0.717) is 32.0 Å². The van der Waals surface area contributed by atoms with Crippen molar-refractivity contribution in [1.29, 1.82) is 0 Å². The SMILES string of the molecule is COc1ccccc1/C=N/n1c(-c2ccc(Cl)cc2Cl)n[nH]c1=S. The van der Waals surface area contributed by atoms with Gasteiger partial charge < -0.3 is 4.74 Å². The Balaban J connectivity index is 2.05. The number of hydrogen-bond acceptors (Lipinski definition) is 4. The second kappa shape index (κ2) is 7.17. The molecule has 0 atom stereocenters. The Bertz CT molecular complexity index is 965. The number of benzene rings is 2. The Morgan fingerprint density at radius 3 is 2.79 bits per heavy atom. The number of hydrogen-bond donors (Lipinski definition) is 1. The summed E-state index contributed by atoms with van der Waals surface area (Å²) in [6.45, 7) is 0. The molecule has 0 spiro atoms. The van der Waals surface area contributed by atoms with Gasteiger partial charge in [0.05, 0.1) is 18.3 Å². The van der Waals surface area contributed by atoms with Gasteiger partial charge in [-0.05, 0) is 42.5 Å². The molecule has 0 aliphatic heterocycles. The summed E-state index contributed by atoms with van der Waals surface area (Å²) in [5, 5.41) is 12.3. The van der Waals surface area contributed by atoms with Crippen LogP contribution in [0.25, 0.3) is 11.4 Å². The molecule has 0 bridgehead atoms. The molecule has 0 saturated carbocycles. The molecule has 2 aromatic carbocycles. The van der Waals surface area contributed by atoms with Crippen molar-refractivity contribution < 1.29 is 4.74 Å². The minimum absolute atomic E-state index is 0.349. The summed E-state index contributed by atoms with van der Waals surface area (Å²) in [7, 11) is 1.61. The lowest BCUT2D eigenvalue weighted by Crippen LogP contribution is -1.97. The van der Waals surface area contributed by atoms with Gasteiger partial charge in [-0.1, -0.05) is 35.3 Å². The van der Waals surface area contributed by atoms with E-state index in [9.17, 15) is 0 Å². The van der Waals surface area contributed by atoms with Crippen LogP contribution in [0.1, 0.15) is 5.56 Å². The van der Waals surface area contributed by atoms with Crippen molar-refractivity contribution in [2.45, 2.75) is 0 Å². The van der Waals surface area contributed by atoms with Crippen LogP contribution < -0.4 is 4.74 Å². The average molecular weight is 379 g/mol. The van der Waals surface area contributed by atoms with Crippen molar-refractivity contribution in [2.75, 3.05) is 7.11 Å². The normalized spacial score (nSPS) is 11.1. The number of aromatic amines is 1. The van der Waals surface area contributed by atoms with Crippen LogP contribution in [0.4, 0.5) is 0 Å². The monoisotopic (exact) mass is 378 g/mol. The topological polar surface area (TPSA) is 55.2 Å². The van der Waals surface area contributed by atoms with Gasteiger partial charge in [0, 0.05) is 16.1 Å². The summed E-state index contributed by atoms with van der Waals surface area (Å²) in [5.41, 5.74) is 1.49. The fourth-order valence-electron chi connectivity index (χ4n) is 2.14. The Hall–Kier alpha value is -2.15. The van der Waals surface area contributed by atoms with E-state index in [2.05, 4.69) is 15.3 Å². The lowest BCUT2D eigenvalue weighted by molar-refractivity contribution is 0.414. The van der Waals surface area contributed by atoms with E-state index in [0.717, 1.165) is 5.56 Å². The molecule has 0 aliphatic carbocycles. The van der Waals surface area contributed by atoms with Gasteiger partial charge in [-0.3, -0.25) is 0 Å². The molecule has 0 aliphatic rings. The lowest BCUT2D eigenvalue weighted by Gasteiger charge is -2.05. The van der Waals surface area contributed by atoms with Crippen LogP contribution in [0.2, 0.25) is 10.0 Å². The maximum Gasteiger partial charge on any atom is 0.216 e. The van der Waals surface area contributed by atoms with Gasteiger partial charge in [-0.2, -0.15) is 14.9 Å². The minimum Gasteiger partial charge on any atom is -0.496 e. The second-order valence-electron chi connectivity index (χ2n) is 4.77. The first-order chi connectivity index (χ1) is 11.6. The van der Waals surface area contributed by atoms with Gasteiger partial charge in [0.2, 0.25) is 4.77 Å². The number of nitrogens with one attached hydrogen (secondary N) is 1. The first kappa shape index (κ1) is 16.7. The molecule has 1 N–H and O–H groups in total. The predicted molar refractivity (Wildman–Crippen MR) is 98.9 cm³/mol. The molecule has 122 valence electrons. The minimum atomic E-state index is 0.349. The van der Waals surface area contributed by atoms with Crippen molar-refractivity contribution >= 4 is 41.6 Å². The van der Waals surface area contributed by atoms with Crippen LogP contribution >= 0.6 is 35.4 Å². The maximum absolute atomic E-state index is 6.25. The van der Waals surface area contributed by atoms with Crippen LogP contribution in [-0.2, 0) is 0 Å². The van der Waals surface area contributed by atoms with Crippen molar-refractivity contribution in [3.05, 3.63) is 62.8 Å². The van der Waals surface area contributed by atoms with Crippen LogP contribution in [0, 0.1) is 4.77 Å². The quantitative estimate of drug-likeness (QED) is 0.523. The van der Waals surface area contributed by atoms with E-state index in [-0.39, 0.29) is 0 Å². The average Bonchev–Trinajstić information content (AvgIpc) is 2.94. The molecule has 5 nitrogen and oxygen atoms in total. The third kappa shape index (κ3) is 3.36. The number of H-pyrrole nitrogens is 1. The van der Waals surface area contributed by atoms with Crippen LogP contribution in [0.5, 0.6) is 5.75 Å². The summed E-state index contributed by atoms with van der Waals surface area (Å²) in [6, 6.07) is 12.7. The van der Waals surface area contributed by atoms with E-state index in [1.807, 2.05) is 24.3 Å². The first-order valence-electron chi connectivity index (χ1n) is 6.90. The van der Waals surface area contributed by atoms with Gasteiger partial charge in [-0.25, -0.2) is 5.10 Å². The van der Waals surface area contributed by atoms with E-state index in [1.54, 1.807) is 31.5 Å². The molecule has 3 aromatic rings. The number of halogens is 2. The number of ether oxygens (including phenoxy) is 1. The summed E-state index contributed by atoms with van der Waals surface area (Å²) < 4.78 is 7.15. The number of aromatic nitrogens is 3. The van der Waals surface area contributed by atoms with Gasteiger partial charge in [-0.15, -0.1) is 0 Å². The van der Waals surface area contributed by atoms with E-state index >= 15 is 0 Å². The number of para-hydroxylation sites is 1. The Morgan fingerprint density at radius 2 is 2.04 bits per heavy atom. The number of methoxy groups -OCH3 is 1. The zero-order chi connectivity index (χ0) is 17.1. The Labute approximate surface area is 153 Å². The molecule has 24 heavy (non-hydrogen) atoms. The summed E-state index contributed by atoms with van der Waals surface area (Å²) in [4.78, 5) is 0. The summed E-state index contributed by atoms with van der Waals surface area (Å²) >= 11 is 17.4. The van der Waals surface area contributed by atoms with Gasteiger partial charge in [0.1, 0.15) is 5.75 Å². The fourth-order valence-corrected chi connectivity index (χ4v) is 2.81. The first-order valence-corrected chi connectivity index (χ1v) is 8.07. The molecule has 0 unspecified atom stereocenters. The number of nitrogens with zero attached hydrogens (tertiary/aromatic N) is 3. The molecule has 0 amide bonds. The molecule has 3 rings (SSSR count). The van der Waals surface area contributed by atoms with Crippen molar-refractivity contribution in [3.63, 3.8) is 0 Å². The molecular formula is C16H12Cl2N4OS. The highest BCUT2D eigenvalue weighted by atomic mass is 35.5. The van der Waals surface area contributed by atoms with Gasteiger partial charge in [0.15, 0.2) is 5.82 Å². The molecular weight excluding hydrogens is 367 g/mol. The van der Waals surface area contributed by atoms with Gasteiger partial charge in [0.25, 0.3) is 0 Å². The van der Waals surface area contributed by atoms with E-state index in [4.69, 9.17) is 40.2 Å². The van der Waals surface area contributed by atoms with Gasteiger partial charge >= 0.3 is 0 Å². The van der Waals surface area contributed by atoms with Crippen molar-refractivity contribution in [2.24, 2.45) is 5.10 Å². The second-order valence-corrected chi connectivity index (χ2v) is 6.01. The predicted octanol–water partition coefficient (Wildman–Crippen LogP) is 4.81. The number of rotatable bonds is 4. The van der Waals surface area contributed by atoms with Crippen LogP contribution in [0.3, 0.4) is 0 Å². The lowest BCUT2D eigenvalue weighted by atomic mass is 10.2. The molecule has 8 heteroatoms. The fraction of sp³-hybridized carbons (Fsp3) is 0.0625. The smallest absolute Gasteiger partial charge is 0.216 e. The van der Waals surface area contributed by atoms with Crippen molar-refractivity contribution in [3.8, 4) is 17.1 Å². The van der Waals surface area contributed by atoms with E-state index in [1.165, 1.54) is 4.68 Å². The zero-order valence-corrected chi connectivity index (χ0v) is 14.9. The Morgan fingerprint density at radius 1 is 1.25 bits per heavy atom. The molecule has 0 saturated heterocycles. The highest BCUT2D eigenvalue weighted by Gasteiger charge is 2.12. The third-order valence-corrected chi connectivity index (χ3v) is 4.09. The zero-order valence-electron chi connectivity index (χ0n) is 12.5. The molecule has 0 radical (unpaired) electrons. The maximum atomic E-state index is 6.25. The van der Waals surface area contributed by atoms with Crippen molar-refractivity contribution in [1.82, 2.24) is 14.9 Å². The summed E-state index contributed by atoms with van der Waals surface area (Å²) in [5.74, 6) is 1.20. The van der Waals surface area contributed by atoms with E-state index < -0.39 is 0 Å². The third-order valence-electron chi connectivity index (χ3n) is 3.27. The largest absolute Gasteiger partial charge is 0.496 e. The molecule has 1 aromatic heterocycles. The molecule has 1 heterocycles. The highest BCUT2D eigenvalue weighted by molar-refractivity contribution is 7.71. The highest BCUT2D eigenvalue weighted by Crippen LogP contribution is 2.29. The molecule has 0 fully saturated rings.